The first-order valence-corrected chi connectivity index (χ1v) is 5.77. The first kappa shape index (κ1) is 11.9. The highest BCUT2D eigenvalue weighted by molar-refractivity contribution is 5.89. The Bertz CT molecular complexity index is 383. The van der Waals surface area contributed by atoms with Crippen LogP contribution < -0.4 is 0 Å². The van der Waals surface area contributed by atoms with Crippen LogP contribution in [0.15, 0.2) is 24.3 Å². The van der Waals surface area contributed by atoms with E-state index in [0.717, 1.165) is 12.8 Å². The molecule has 1 aliphatic heterocycles. The number of esters is 2. The second kappa shape index (κ2) is 4.73. The topological polar surface area (TPSA) is 52.6 Å². The van der Waals surface area contributed by atoms with Crippen LogP contribution in [0.4, 0.5) is 0 Å². The first-order valence-electron chi connectivity index (χ1n) is 5.77. The molecule has 1 heterocycles. The molecule has 0 bridgehead atoms. The minimum atomic E-state index is -0.775. The van der Waals surface area contributed by atoms with Crippen molar-refractivity contribution in [1.29, 1.82) is 0 Å². The lowest BCUT2D eigenvalue weighted by molar-refractivity contribution is -0.181. The standard InChI is InChI=1S/C13H16O4/c1-8(2)12(14)17-11-10-6-4-3-5-9(10)7-16-13(11)15/h3-4,9-11H,1,5-7H2,2H3. The van der Waals surface area contributed by atoms with Gasteiger partial charge in [0.1, 0.15) is 0 Å². The van der Waals surface area contributed by atoms with Gasteiger partial charge in [-0.3, -0.25) is 0 Å². The predicted molar refractivity (Wildman–Crippen MR) is 61.0 cm³/mol. The SMILES string of the molecule is C=C(C)C(=O)OC1C(=O)OCC2CC=CCC21. The van der Waals surface area contributed by atoms with Gasteiger partial charge in [-0.1, -0.05) is 18.7 Å². The van der Waals surface area contributed by atoms with E-state index in [1.165, 1.54) is 0 Å². The Kier molecular flexibility index (Phi) is 3.31. The number of fused-ring (bicyclic) bond motifs is 1. The second-order valence-corrected chi connectivity index (χ2v) is 4.60. The lowest BCUT2D eigenvalue weighted by Crippen LogP contribution is -2.46. The zero-order valence-electron chi connectivity index (χ0n) is 9.85. The summed E-state index contributed by atoms with van der Waals surface area (Å²) in [5, 5.41) is 0. The van der Waals surface area contributed by atoms with Crippen LogP contribution in [0.2, 0.25) is 0 Å². The molecule has 2 aliphatic rings. The maximum absolute atomic E-state index is 11.7. The molecule has 1 saturated heterocycles. The molecule has 0 aromatic heterocycles. The van der Waals surface area contributed by atoms with Crippen LogP contribution in [0.3, 0.4) is 0 Å². The van der Waals surface area contributed by atoms with Crippen LogP contribution in [0.1, 0.15) is 19.8 Å². The fourth-order valence-corrected chi connectivity index (χ4v) is 2.25. The van der Waals surface area contributed by atoms with Gasteiger partial charge in [-0.25, -0.2) is 9.59 Å². The van der Waals surface area contributed by atoms with Gasteiger partial charge in [0.05, 0.1) is 6.61 Å². The number of rotatable bonds is 2. The Morgan fingerprint density at radius 2 is 2.18 bits per heavy atom. The van der Waals surface area contributed by atoms with E-state index in [0.29, 0.717) is 12.2 Å². The molecule has 1 aliphatic carbocycles. The maximum Gasteiger partial charge on any atom is 0.347 e. The van der Waals surface area contributed by atoms with E-state index in [1.807, 2.05) is 6.08 Å². The Morgan fingerprint density at radius 1 is 1.47 bits per heavy atom. The molecule has 2 rings (SSSR count). The van der Waals surface area contributed by atoms with Gasteiger partial charge in [0.15, 0.2) is 0 Å². The van der Waals surface area contributed by atoms with Crippen LogP contribution >= 0.6 is 0 Å². The van der Waals surface area contributed by atoms with Crippen molar-refractivity contribution < 1.29 is 19.1 Å². The van der Waals surface area contributed by atoms with Crippen molar-refractivity contribution in [3.8, 4) is 0 Å². The molecule has 0 aromatic rings. The first-order chi connectivity index (χ1) is 8.09. The van der Waals surface area contributed by atoms with Crippen LogP contribution in [0, 0.1) is 11.8 Å². The second-order valence-electron chi connectivity index (χ2n) is 4.60. The van der Waals surface area contributed by atoms with E-state index in [9.17, 15) is 9.59 Å². The number of hydrogen-bond acceptors (Lipinski definition) is 4. The number of cyclic esters (lactones) is 1. The monoisotopic (exact) mass is 236 g/mol. The third-order valence-electron chi connectivity index (χ3n) is 3.26. The van der Waals surface area contributed by atoms with Gasteiger partial charge in [0, 0.05) is 17.4 Å². The molecule has 0 saturated carbocycles. The summed E-state index contributed by atoms with van der Waals surface area (Å²) in [4.78, 5) is 23.1. The summed E-state index contributed by atoms with van der Waals surface area (Å²) in [7, 11) is 0. The van der Waals surface area contributed by atoms with E-state index < -0.39 is 18.0 Å². The Morgan fingerprint density at radius 3 is 2.88 bits per heavy atom. The molecule has 4 nitrogen and oxygen atoms in total. The summed E-state index contributed by atoms with van der Waals surface area (Å²) < 4.78 is 10.2. The van der Waals surface area contributed by atoms with Crippen molar-refractivity contribution in [2.45, 2.75) is 25.9 Å². The third kappa shape index (κ3) is 2.40. The fourth-order valence-electron chi connectivity index (χ4n) is 2.25. The van der Waals surface area contributed by atoms with Crippen LogP contribution in [0.5, 0.6) is 0 Å². The molecule has 0 amide bonds. The summed E-state index contributed by atoms with van der Waals surface area (Å²) in [5.41, 5.74) is 0.297. The summed E-state index contributed by atoms with van der Waals surface area (Å²) in [6.45, 7) is 5.50. The van der Waals surface area contributed by atoms with Crippen LogP contribution in [0.25, 0.3) is 0 Å². The smallest absolute Gasteiger partial charge is 0.347 e. The third-order valence-corrected chi connectivity index (χ3v) is 3.26. The average Bonchev–Trinajstić information content (AvgIpc) is 2.32. The molecule has 0 radical (unpaired) electrons. The fraction of sp³-hybridized carbons (Fsp3) is 0.538. The molecule has 4 heteroatoms. The molecule has 1 fully saturated rings. The zero-order valence-corrected chi connectivity index (χ0v) is 9.85. The highest BCUT2D eigenvalue weighted by atomic mass is 16.6. The van der Waals surface area contributed by atoms with Crippen molar-refractivity contribution in [3.63, 3.8) is 0 Å². The summed E-state index contributed by atoms with van der Waals surface area (Å²) in [5.74, 6) is -0.650. The van der Waals surface area contributed by atoms with Crippen molar-refractivity contribution in [3.05, 3.63) is 24.3 Å². The Balaban J connectivity index is 2.11. The van der Waals surface area contributed by atoms with Crippen LogP contribution in [-0.2, 0) is 19.1 Å². The molecule has 3 unspecified atom stereocenters. The molecular weight excluding hydrogens is 220 g/mol. The maximum atomic E-state index is 11.7. The number of carbonyl (C=O) groups excluding carboxylic acids is 2. The molecule has 17 heavy (non-hydrogen) atoms. The highest BCUT2D eigenvalue weighted by Gasteiger charge is 2.42. The van der Waals surface area contributed by atoms with Crippen LogP contribution in [-0.4, -0.2) is 24.6 Å². The van der Waals surface area contributed by atoms with E-state index >= 15 is 0 Å². The van der Waals surface area contributed by atoms with Gasteiger partial charge in [0.2, 0.25) is 6.10 Å². The van der Waals surface area contributed by atoms with E-state index in [-0.39, 0.29) is 11.8 Å². The van der Waals surface area contributed by atoms with Gasteiger partial charge in [-0.05, 0) is 19.8 Å². The number of carbonyl (C=O) groups is 2. The zero-order chi connectivity index (χ0) is 12.4. The molecule has 0 spiro atoms. The van der Waals surface area contributed by atoms with Crippen molar-refractivity contribution in [2.75, 3.05) is 6.61 Å². The largest absolute Gasteiger partial charge is 0.463 e. The minimum Gasteiger partial charge on any atom is -0.463 e. The van der Waals surface area contributed by atoms with Gasteiger partial charge >= 0.3 is 11.9 Å². The lowest BCUT2D eigenvalue weighted by Gasteiger charge is -2.37. The Hall–Kier alpha value is -1.58. The van der Waals surface area contributed by atoms with Gasteiger partial charge < -0.3 is 9.47 Å². The summed E-state index contributed by atoms with van der Waals surface area (Å²) in [6, 6.07) is 0. The summed E-state index contributed by atoms with van der Waals surface area (Å²) >= 11 is 0. The van der Waals surface area contributed by atoms with E-state index in [2.05, 4.69) is 12.7 Å². The quantitative estimate of drug-likeness (QED) is 0.415. The molecule has 3 atom stereocenters. The number of hydrogen-bond donors (Lipinski definition) is 0. The van der Waals surface area contributed by atoms with Crippen molar-refractivity contribution >= 4 is 11.9 Å². The average molecular weight is 236 g/mol. The number of ether oxygens (including phenoxy) is 2. The highest BCUT2D eigenvalue weighted by Crippen LogP contribution is 2.34. The summed E-state index contributed by atoms with van der Waals surface area (Å²) in [6.07, 6.45) is 4.97. The predicted octanol–water partition coefficient (Wildman–Crippen LogP) is 1.61. The van der Waals surface area contributed by atoms with Gasteiger partial charge in [-0.2, -0.15) is 0 Å². The van der Waals surface area contributed by atoms with E-state index in [1.54, 1.807) is 6.92 Å². The van der Waals surface area contributed by atoms with Crippen molar-refractivity contribution in [1.82, 2.24) is 0 Å². The molecule has 0 N–H and O–H groups in total. The van der Waals surface area contributed by atoms with Crippen molar-refractivity contribution in [2.24, 2.45) is 11.8 Å². The Labute approximate surface area is 100 Å². The number of allylic oxidation sites excluding steroid dienone is 2. The minimum absolute atomic E-state index is 0.0459. The normalized spacial score (nSPS) is 31.4. The van der Waals surface area contributed by atoms with Gasteiger partial charge in [-0.15, -0.1) is 0 Å². The molecule has 92 valence electrons. The van der Waals surface area contributed by atoms with E-state index in [4.69, 9.17) is 9.47 Å². The lowest BCUT2D eigenvalue weighted by atomic mass is 9.78. The van der Waals surface area contributed by atoms with Gasteiger partial charge in [0.25, 0.3) is 0 Å². The molecule has 0 aromatic carbocycles. The molecular formula is C13H16O4.